The van der Waals surface area contributed by atoms with Crippen LogP contribution in [-0.2, 0) is 28.5 Å². The van der Waals surface area contributed by atoms with E-state index in [9.17, 15) is 0 Å². The fourth-order valence-corrected chi connectivity index (χ4v) is 32.4. The van der Waals surface area contributed by atoms with E-state index in [-0.39, 0.29) is 0 Å². The summed E-state index contributed by atoms with van der Waals surface area (Å²) in [5.74, 6) is 1.02. The Labute approximate surface area is 271 Å². The molecule has 2 heteroatoms. The SMILES string of the molecule is CC1=C2c3c(C(C)C)cccc3[CH]1[Zr]([CH2]c1ccccc1)([CH2]c1ccccc1)[CH]1C(C)=C(c3c(C(C)C)cccc31)[Si]2(C)C. The van der Waals surface area contributed by atoms with Gasteiger partial charge in [0, 0.05) is 0 Å². The molecule has 0 amide bonds. The molecule has 7 rings (SSSR count). The van der Waals surface area contributed by atoms with E-state index in [0.717, 1.165) is 0 Å². The minimum atomic E-state index is -3.48. The first-order chi connectivity index (χ1) is 21.1. The molecule has 2 atom stereocenters. The van der Waals surface area contributed by atoms with Gasteiger partial charge in [0.15, 0.2) is 0 Å². The van der Waals surface area contributed by atoms with Crippen LogP contribution in [0.5, 0.6) is 0 Å². The second kappa shape index (κ2) is 11.1. The molecule has 0 saturated carbocycles. The molecule has 0 fully saturated rings. The predicted molar refractivity (Wildman–Crippen MR) is 190 cm³/mol. The van der Waals surface area contributed by atoms with E-state index in [2.05, 4.69) is 152 Å². The number of hydrogen-bond donors (Lipinski definition) is 0. The van der Waals surface area contributed by atoms with E-state index < -0.39 is 28.3 Å². The molecule has 0 nitrogen and oxygen atoms in total. The summed E-state index contributed by atoms with van der Waals surface area (Å²) in [5.41, 5.74) is 16.5. The van der Waals surface area contributed by atoms with Gasteiger partial charge >= 0.3 is 273 Å². The topological polar surface area (TPSA) is 0 Å². The molecule has 0 radical (unpaired) electrons. The summed E-state index contributed by atoms with van der Waals surface area (Å²) >= 11 is -3.48. The maximum atomic E-state index is 2.70. The van der Waals surface area contributed by atoms with Gasteiger partial charge in [0.1, 0.15) is 0 Å². The average molecular weight is 672 g/mol. The Balaban J connectivity index is 1.65. The van der Waals surface area contributed by atoms with E-state index in [4.69, 9.17) is 0 Å². The molecule has 0 N–H and O–H groups in total. The molecule has 224 valence electrons. The van der Waals surface area contributed by atoms with Crippen molar-refractivity contribution in [2.75, 3.05) is 0 Å². The van der Waals surface area contributed by atoms with Crippen LogP contribution in [0.1, 0.15) is 105 Å². The molecule has 4 aromatic rings. The van der Waals surface area contributed by atoms with Gasteiger partial charge in [-0.2, -0.15) is 0 Å². The van der Waals surface area contributed by atoms with Crippen LogP contribution in [0.15, 0.2) is 108 Å². The van der Waals surface area contributed by atoms with Gasteiger partial charge in [0.25, 0.3) is 0 Å². The zero-order chi connectivity index (χ0) is 31.0. The second-order valence-corrected chi connectivity index (χ2v) is 30.0. The summed E-state index contributed by atoms with van der Waals surface area (Å²) in [6.07, 6.45) is 0. The molecule has 4 bridgehead atoms. The van der Waals surface area contributed by atoms with Crippen LogP contribution >= 0.6 is 0 Å². The van der Waals surface area contributed by atoms with Crippen molar-refractivity contribution in [3.8, 4) is 0 Å². The normalized spacial score (nSPS) is 21.0. The fourth-order valence-electron chi connectivity index (χ4n) is 10.2. The zero-order valence-corrected chi connectivity index (χ0v) is 31.4. The number of rotatable bonds is 6. The summed E-state index contributed by atoms with van der Waals surface area (Å²) in [6, 6.07) is 38.1. The summed E-state index contributed by atoms with van der Waals surface area (Å²) in [4.78, 5) is 0. The number of hydrogen-bond acceptors (Lipinski definition) is 0. The molecule has 3 aliphatic rings. The Hall–Kier alpha value is -2.54. The number of allylic oxidation sites excluding steroid dienone is 2. The third-order valence-corrected chi connectivity index (χ3v) is 29.8. The van der Waals surface area contributed by atoms with Gasteiger partial charge in [-0.3, -0.25) is 0 Å². The Morgan fingerprint density at radius 1 is 0.545 bits per heavy atom. The molecule has 0 spiro atoms. The van der Waals surface area contributed by atoms with Crippen molar-refractivity contribution in [3.63, 3.8) is 0 Å². The zero-order valence-electron chi connectivity index (χ0n) is 28.0. The van der Waals surface area contributed by atoms with Gasteiger partial charge < -0.3 is 0 Å². The molecule has 1 aliphatic heterocycles. The molecule has 44 heavy (non-hydrogen) atoms. The molecule has 0 saturated heterocycles. The standard InChI is InChI=1S/C28H34Si.2C7H7.Zr/c1-17(2)23-13-9-11-21-15-19(5)27(25(21)23)29(7,8)28-20(6)16-22-12-10-14-24(18(3)4)26(22)28;2*1-7-5-3-2-4-6-7;/h9-18H,1-8H3;2*2-6H,1H2;. The van der Waals surface area contributed by atoms with Crippen LogP contribution in [0.25, 0.3) is 10.4 Å². The molecule has 2 aliphatic carbocycles. The molecule has 0 aromatic heterocycles. The first kappa shape index (κ1) is 30.1. The summed E-state index contributed by atoms with van der Waals surface area (Å²) < 4.78 is 3.65. The number of benzene rings is 4. The predicted octanol–water partition coefficient (Wildman–Crippen LogP) is 11.6. The first-order valence-corrected chi connectivity index (χ1v) is 26.2. The van der Waals surface area contributed by atoms with Crippen LogP contribution < -0.4 is 0 Å². The van der Waals surface area contributed by atoms with Gasteiger partial charge in [-0.05, 0) is 0 Å². The van der Waals surface area contributed by atoms with Crippen molar-refractivity contribution in [3.05, 3.63) is 153 Å². The van der Waals surface area contributed by atoms with Crippen LogP contribution in [0, 0.1) is 0 Å². The Morgan fingerprint density at radius 3 is 1.30 bits per heavy atom. The first-order valence-electron chi connectivity index (χ1n) is 16.8. The van der Waals surface area contributed by atoms with E-state index in [1.165, 1.54) is 8.26 Å². The van der Waals surface area contributed by atoms with Crippen molar-refractivity contribution in [1.29, 1.82) is 0 Å². The summed E-state index contributed by atoms with van der Waals surface area (Å²) in [6.45, 7) is 20.2. The van der Waals surface area contributed by atoms with Crippen LogP contribution in [-0.4, -0.2) is 8.07 Å². The minimum absolute atomic E-state index is 0.510. The third kappa shape index (κ3) is 4.38. The van der Waals surface area contributed by atoms with Crippen LogP contribution in [0.2, 0.25) is 13.1 Å². The van der Waals surface area contributed by atoms with Crippen molar-refractivity contribution in [2.45, 2.75) is 82.0 Å². The van der Waals surface area contributed by atoms with Crippen LogP contribution in [0.3, 0.4) is 0 Å². The van der Waals surface area contributed by atoms with Crippen LogP contribution in [0.4, 0.5) is 0 Å². The fraction of sp³-hybridized carbons (Fsp3) is 0.333. The van der Waals surface area contributed by atoms with Gasteiger partial charge in [-0.15, -0.1) is 0 Å². The summed E-state index contributed by atoms with van der Waals surface area (Å²) in [5, 5.41) is 3.56. The average Bonchev–Trinajstić information content (AvgIpc) is 3.49. The Bertz CT molecular complexity index is 1670. The number of fused-ring (bicyclic) bond motifs is 8. The molecular formula is C42H48SiZr. The quantitative estimate of drug-likeness (QED) is 0.179. The van der Waals surface area contributed by atoms with Gasteiger partial charge in [-0.1, -0.05) is 0 Å². The molecule has 4 aromatic carbocycles. The van der Waals surface area contributed by atoms with E-state index >= 15 is 0 Å². The Kier molecular flexibility index (Phi) is 7.58. The second-order valence-electron chi connectivity index (χ2n) is 15.1. The molecular weight excluding hydrogens is 624 g/mol. The van der Waals surface area contributed by atoms with E-state index in [1.807, 2.05) is 0 Å². The van der Waals surface area contributed by atoms with Gasteiger partial charge in [0.2, 0.25) is 0 Å². The van der Waals surface area contributed by atoms with E-state index in [0.29, 0.717) is 19.1 Å². The van der Waals surface area contributed by atoms with Crippen molar-refractivity contribution in [2.24, 2.45) is 0 Å². The third-order valence-electron chi connectivity index (χ3n) is 11.4. The molecule has 1 heterocycles. The maximum absolute atomic E-state index is 3.48. The van der Waals surface area contributed by atoms with Gasteiger partial charge in [0.05, 0.1) is 0 Å². The van der Waals surface area contributed by atoms with Crippen molar-refractivity contribution >= 4 is 18.5 Å². The monoisotopic (exact) mass is 670 g/mol. The Morgan fingerprint density at radius 2 is 0.932 bits per heavy atom. The molecule has 2 unspecified atom stereocenters. The van der Waals surface area contributed by atoms with Crippen molar-refractivity contribution < 1.29 is 20.3 Å². The summed E-state index contributed by atoms with van der Waals surface area (Å²) in [7, 11) is -2.09. The van der Waals surface area contributed by atoms with E-state index in [1.54, 1.807) is 66.0 Å². The van der Waals surface area contributed by atoms with Crippen molar-refractivity contribution in [1.82, 2.24) is 0 Å². The van der Waals surface area contributed by atoms with Gasteiger partial charge in [-0.25, -0.2) is 0 Å².